The molecule has 0 unspecified atom stereocenters. The van der Waals surface area contributed by atoms with Gasteiger partial charge in [0, 0.05) is 9.89 Å². The maximum Gasteiger partial charge on any atom is 0.200 e. The highest BCUT2D eigenvalue weighted by Gasteiger charge is 2.23. The molecule has 0 fully saturated rings. The zero-order chi connectivity index (χ0) is 15.3. The highest BCUT2D eigenvalue weighted by atomic mass is 79.9. The van der Waals surface area contributed by atoms with Crippen molar-refractivity contribution < 1.29 is 18.7 Å². The van der Waals surface area contributed by atoms with Crippen molar-refractivity contribution in [2.75, 3.05) is 6.61 Å². The van der Waals surface area contributed by atoms with Crippen molar-refractivity contribution in [3.8, 4) is 5.75 Å². The van der Waals surface area contributed by atoms with Crippen LogP contribution in [0.1, 0.15) is 26.7 Å². The van der Waals surface area contributed by atoms with E-state index in [0.717, 1.165) is 6.07 Å². The molecule has 0 bridgehead atoms. The normalized spacial score (nSPS) is 12.6. The Labute approximate surface area is 124 Å². The fraction of sp³-hybridized carbons (Fsp3) is 0.462. The SMILES string of the molecule is CC(C)(CCCOc1cc(Br)cc(F)c1F)/C(N)=N/O. The summed E-state index contributed by atoms with van der Waals surface area (Å²) in [7, 11) is 0. The Morgan fingerprint density at radius 3 is 2.70 bits per heavy atom. The molecule has 0 spiro atoms. The number of hydrogen-bond acceptors (Lipinski definition) is 3. The van der Waals surface area contributed by atoms with Crippen LogP contribution in [0.25, 0.3) is 0 Å². The van der Waals surface area contributed by atoms with E-state index in [0.29, 0.717) is 17.3 Å². The summed E-state index contributed by atoms with van der Waals surface area (Å²) in [5.74, 6) is -1.99. The van der Waals surface area contributed by atoms with E-state index in [2.05, 4.69) is 21.1 Å². The highest BCUT2D eigenvalue weighted by Crippen LogP contribution is 2.26. The molecule has 0 amide bonds. The predicted molar refractivity (Wildman–Crippen MR) is 76.0 cm³/mol. The van der Waals surface area contributed by atoms with Gasteiger partial charge in [-0.25, -0.2) is 4.39 Å². The lowest BCUT2D eigenvalue weighted by atomic mass is 9.87. The van der Waals surface area contributed by atoms with Crippen molar-refractivity contribution in [3.05, 3.63) is 28.2 Å². The summed E-state index contributed by atoms with van der Waals surface area (Å²) in [6.45, 7) is 3.85. The summed E-state index contributed by atoms with van der Waals surface area (Å²) < 4.78 is 32.2. The Morgan fingerprint density at radius 1 is 1.45 bits per heavy atom. The number of halogens is 3. The lowest BCUT2D eigenvalue weighted by Crippen LogP contribution is -2.32. The quantitative estimate of drug-likeness (QED) is 0.205. The standard InChI is InChI=1S/C13H17BrF2N2O2/c1-13(2,12(17)18-19)4-3-5-20-10-7-8(14)6-9(15)11(10)16/h6-7,19H,3-5H2,1-2H3,(H2,17,18). The number of amidine groups is 1. The van der Waals surface area contributed by atoms with E-state index in [1.54, 1.807) is 0 Å². The first-order valence-electron chi connectivity index (χ1n) is 6.03. The van der Waals surface area contributed by atoms with E-state index >= 15 is 0 Å². The molecular formula is C13H17BrF2N2O2. The Balaban J connectivity index is 2.54. The summed E-state index contributed by atoms with van der Waals surface area (Å²) in [5.41, 5.74) is 5.06. The molecule has 0 aliphatic rings. The molecule has 1 aromatic carbocycles. The van der Waals surface area contributed by atoms with Crippen LogP contribution in [0.5, 0.6) is 5.75 Å². The minimum Gasteiger partial charge on any atom is -0.490 e. The van der Waals surface area contributed by atoms with Gasteiger partial charge < -0.3 is 15.7 Å². The monoisotopic (exact) mass is 350 g/mol. The average molecular weight is 351 g/mol. The molecule has 0 saturated heterocycles. The van der Waals surface area contributed by atoms with Crippen LogP contribution in [0.15, 0.2) is 21.8 Å². The van der Waals surface area contributed by atoms with Crippen molar-refractivity contribution in [2.45, 2.75) is 26.7 Å². The first-order valence-corrected chi connectivity index (χ1v) is 6.82. The van der Waals surface area contributed by atoms with Crippen LogP contribution in [-0.2, 0) is 0 Å². The third-order valence-electron chi connectivity index (χ3n) is 2.96. The maximum absolute atomic E-state index is 13.4. The smallest absolute Gasteiger partial charge is 0.200 e. The number of rotatable bonds is 6. The molecule has 0 radical (unpaired) electrons. The third kappa shape index (κ3) is 4.33. The molecule has 112 valence electrons. The third-order valence-corrected chi connectivity index (χ3v) is 3.42. The van der Waals surface area contributed by atoms with E-state index < -0.39 is 17.0 Å². The van der Waals surface area contributed by atoms with E-state index in [-0.39, 0.29) is 18.2 Å². The zero-order valence-electron chi connectivity index (χ0n) is 11.3. The van der Waals surface area contributed by atoms with Gasteiger partial charge in [-0.15, -0.1) is 0 Å². The van der Waals surface area contributed by atoms with Gasteiger partial charge in [0.25, 0.3) is 0 Å². The van der Waals surface area contributed by atoms with Gasteiger partial charge in [-0.2, -0.15) is 4.39 Å². The van der Waals surface area contributed by atoms with Crippen molar-refractivity contribution in [1.29, 1.82) is 0 Å². The summed E-state index contributed by atoms with van der Waals surface area (Å²) in [6, 6.07) is 2.40. The number of hydrogen-bond donors (Lipinski definition) is 2. The second-order valence-electron chi connectivity index (χ2n) is 5.02. The van der Waals surface area contributed by atoms with Crippen LogP contribution in [0.3, 0.4) is 0 Å². The second-order valence-corrected chi connectivity index (χ2v) is 5.94. The first-order chi connectivity index (χ1) is 9.27. The molecule has 20 heavy (non-hydrogen) atoms. The maximum atomic E-state index is 13.4. The van der Waals surface area contributed by atoms with Crippen LogP contribution in [-0.4, -0.2) is 17.6 Å². The number of benzene rings is 1. The fourth-order valence-corrected chi connectivity index (χ4v) is 2.01. The topological polar surface area (TPSA) is 67.8 Å². The van der Waals surface area contributed by atoms with Crippen molar-refractivity contribution in [1.82, 2.24) is 0 Å². The first kappa shape index (κ1) is 16.7. The fourth-order valence-electron chi connectivity index (χ4n) is 1.60. The second kappa shape index (κ2) is 6.88. The lowest BCUT2D eigenvalue weighted by Gasteiger charge is -2.22. The number of ether oxygens (including phenoxy) is 1. The molecule has 0 aromatic heterocycles. The van der Waals surface area contributed by atoms with Crippen molar-refractivity contribution in [3.63, 3.8) is 0 Å². The van der Waals surface area contributed by atoms with Crippen LogP contribution in [0.4, 0.5) is 8.78 Å². The summed E-state index contributed by atoms with van der Waals surface area (Å²) in [5, 5.41) is 11.6. The van der Waals surface area contributed by atoms with Gasteiger partial charge in [0.1, 0.15) is 5.84 Å². The van der Waals surface area contributed by atoms with Gasteiger partial charge in [0.2, 0.25) is 5.82 Å². The highest BCUT2D eigenvalue weighted by molar-refractivity contribution is 9.10. The van der Waals surface area contributed by atoms with Crippen LogP contribution in [0.2, 0.25) is 0 Å². The van der Waals surface area contributed by atoms with Crippen molar-refractivity contribution >= 4 is 21.8 Å². The number of oxime groups is 1. The molecule has 1 rings (SSSR count). The van der Waals surface area contributed by atoms with Gasteiger partial charge in [0.15, 0.2) is 11.6 Å². The zero-order valence-corrected chi connectivity index (χ0v) is 12.9. The number of nitrogens with zero attached hydrogens (tertiary/aromatic N) is 1. The van der Waals surface area contributed by atoms with E-state index in [1.807, 2.05) is 13.8 Å². The average Bonchev–Trinajstić information content (AvgIpc) is 2.38. The van der Waals surface area contributed by atoms with Gasteiger partial charge in [-0.3, -0.25) is 0 Å². The van der Waals surface area contributed by atoms with Gasteiger partial charge >= 0.3 is 0 Å². The van der Waals surface area contributed by atoms with Gasteiger partial charge in [-0.1, -0.05) is 34.9 Å². The largest absolute Gasteiger partial charge is 0.490 e. The molecule has 0 saturated carbocycles. The van der Waals surface area contributed by atoms with Crippen molar-refractivity contribution in [2.24, 2.45) is 16.3 Å². The molecule has 3 N–H and O–H groups in total. The summed E-state index contributed by atoms with van der Waals surface area (Å²) in [6.07, 6.45) is 1.14. The summed E-state index contributed by atoms with van der Waals surface area (Å²) >= 11 is 3.07. The Morgan fingerprint density at radius 2 is 2.10 bits per heavy atom. The van der Waals surface area contributed by atoms with E-state index in [9.17, 15) is 8.78 Å². The molecule has 7 heteroatoms. The van der Waals surface area contributed by atoms with Gasteiger partial charge in [0.05, 0.1) is 6.61 Å². The van der Waals surface area contributed by atoms with E-state index in [4.69, 9.17) is 15.7 Å². The Bertz CT molecular complexity index is 507. The molecule has 1 aromatic rings. The minimum atomic E-state index is -1.01. The van der Waals surface area contributed by atoms with Crippen LogP contribution >= 0.6 is 15.9 Å². The molecule has 0 atom stereocenters. The van der Waals surface area contributed by atoms with Crippen LogP contribution in [0, 0.1) is 17.0 Å². The van der Waals surface area contributed by atoms with E-state index in [1.165, 1.54) is 6.07 Å². The minimum absolute atomic E-state index is 0.122. The molecule has 0 heterocycles. The van der Waals surface area contributed by atoms with Gasteiger partial charge in [-0.05, 0) is 25.0 Å². The lowest BCUT2D eigenvalue weighted by molar-refractivity contribution is 0.265. The van der Waals surface area contributed by atoms with Crippen LogP contribution < -0.4 is 10.5 Å². The molecular weight excluding hydrogens is 334 g/mol. The molecule has 0 aliphatic carbocycles. The predicted octanol–water partition coefficient (Wildman–Crippen LogP) is 3.66. The molecule has 0 aliphatic heterocycles. The Hall–Kier alpha value is -1.37. The molecule has 4 nitrogen and oxygen atoms in total. The number of nitrogens with two attached hydrogens (primary N) is 1. The summed E-state index contributed by atoms with van der Waals surface area (Å²) in [4.78, 5) is 0. The Kier molecular flexibility index (Phi) is 5.74.